The van der Waals surface area contributed by atoms with E-state index in [1.165, 1.54) is 24.3 Å². The third kappa shape index (κ3) is 18.3. The summed E-state index contributed by atoms with van der Waals surface area (Å²) in [6.07, 6.45) is -0.724. The number of hydrogen-bond acceptors (Lipinski definition) is 14. The Labute approximate surface area is 382 Å². The molecule has 8 N–H and O–H groups in total. The van der Waals surface area contributed by atoms with Gasteiger partial charge in [0.1, 0.15) is 61.5 Å². The summed E-state index contributed by atoms with van der Waals surface area (Å²) in [6.45, 7) is 3.93. The largest absolute Gasteiger partial charge is 0.508 e. The topological polar surface area (TPSA) is 268 Å². The Kier molecular flexibility index (Phi) is 19.9. The number of phenolic OH excluding ortho intramolecular Hbond substituents is 4. The van der Waals surface area contributed by atoms with Gasteiger partial charge in [-0.05, 0) is 104 Å². The van der Waals surface area contributed by atoms with Crippen LogP contribution < -0.4 is 21.3 Å². The van der Waals surface area contributed by atoms with Crippen molar-refractivity contribution in [2.24, 2.45) is 11.3 Å². The van der Waals surface area contributed by atoms with Crippen molar-refractivity contribution in [2.45, 2.75) is 65.0 Å². The Bertz CT molecular complexity index is 2200. The number of aromatic hydroxyl groups is 4. The van der Waals surface area contributed by atoms with E-state index < -0.39 is 59.4 Å². The molecule has 0 aromatic heterocycles. The molecule has 0 spiro atoms. The van der Waals surface area contributed by atoms with Crippen molar-refractivity contribution in [1.29, 1.82) is 0 Å². The zero-order valence-electron chi connectivity index (χ0n) is 37.1. The molecule has 0 radical (unpaired) electrons. The first-order valence-corrected chi connectivity index (χ1v) is 21.3. The van der Waals surface area contributed by atoms with Gasteiger partial charge in [-0.15, -0.1) is 0 Å². The molecule has 354 valence electrons. The first-order valence-electron chi connectivity index (χ1n) is 21.3. The number of hydrogen-bond donors (Lipinski definition) is 8. The van der Waals surface area contributed by atoms with Gasteiger partial charge in [0.2, 0.25) is 11.8 Å². The minimum absolute atomic E-state index is 0.0228. The minimum Gasteiger partial charge on any atom is -0.508 e. The number of amides is 4. The number of alkyl carbamates (subject to hydrolysis) is 2. The van der Waals surface area contributed by atoms with Gasteiger partial charge in [-0.25, -0.2) is 9.59 Å². The molecule has 0 aliphatic carbocycles. The average molecular weight is 915 g/mol. The van der Waals surface area contributed by atoms with Crippen LogP contribution in [-0.2, 0) is 63.8 Å². The van der Waals surface area contributed by atoms with Gasteiger partial charge in [-0.2, -0.15) is 0 Å². The maximum absolute atomic E-state index is 13.1. The number of esters is 2. The van der Waals surface area contributed by atoms with Gasteiger partial charge in [0.15, 0.2) is 0 Å². The molecule has 3 atom stereocenters. The quantitative estimate of drug-likeness (QED) is 0.0276. The second-order valence-electron chi connectivity index (χ2n) is 16.1. The monoisotopic (exact) mass is 914 g/mol. The zero-order chi connectivity index (χ0) is 48.1. The number of rotatable bonds is 24. The van der Waals surface area contributed by atoms with Gasteiger partial charge in [0, 0.05) is 25.9 Å². The normalized spacial score (nSPS) is 12.3. The molecule has 18 heteroatoms. The molecule has 0 bridgehead atoms. The SMILES string of the molecule is CC(CC(C)(C)C(=O)OCCOC(=O)N[C@@H](Cc1ccc(O)cc1)C(=O)NCCc1ccc(O)cc1)C(=O)OCCOC(=O)N[C@@H](Cc1ccc(O)cc1)C(=O)NCCc1ccc(O)cc1. The fraction of sp³-hybridized carbons (Fsp3) is 0.375. The van der Waals surface area contributed by atoms with Gasteiger partial charge < -0.3 is 60.6 Å². The third-order valence-corrected chi connectivity index (χ3v) is 10.1. The van der Waals surface area contributed by atoms with Crippen molar-refractivity contribution in [1.82, 2.24) is 21.3 Å². The van der Waals surface area contributed by atoms with Crippen LogP contribution in [0.3, 0.4) is 0 Å². The predicted octanol–water partition coefficient (Wildman–Crippen LogP) is 4.34. The molecule has 0 saturated carbocycles. The number of nitrogens with one attached hydrogen (secondary N) is 4. The molecule has 0 aliphatic rings. The first-order chi connectivity index (χ1) is 31.5. The zero-order valence-corrected chi connectivity index (χ0v) is 37.1. The molecule has 4 aromatic rings. The van der Waals surface area contributed by atoms with E-state index in [2.05, 4.69) is 21.3 Å². The number of carbonyl (C=O) groups excluding carboxylic acids is 6. The summed E-state index contributed by atoms with van der Waals surface area (Å²) in [5.74, 6) is -2.75. The lowest BCUT2D eigenvalue weighted by atomic mass is 9.83. The summed E-state index contributed by atoms with van der Waals surface area (Å²) in [4.78, 5) is 77.5. The Hall–Kier alpha value is -7.50. The summed E-state index contributed by atoms with van der Waals surface area (Å²) >= 11 is 0. The fourth-order valence-electron chi connectivity index (χ4n) is 6.57. The van der Waals surface area contributed by atoms with E-state index in [1.807, 2.05) is 0 Å². The van der Waals surface area contributed by atoms with Crippen LogP contribution in [0.25, 0.3) is 0 Å². The van der Waals surface area contributed by atoms with Crippen LogP contribution in [0.5, 0.6) is 23.0 Å². The molecule has 0 heterocycles. The summed E-state index contributed by atoms with van der Waals surface area (Å²) in [6, 6.07) is 23.3. The van der Waals surface area contributed by atoms with Gasteiger partial charge in [0.05, 0.1) is 11.3 Å². The molecule has 4 aromatic carbocycles. The van der Waals surface area contributed by atoms with Crippen LogP contribution in [-0.4, -0.2) is 108 Å². The molecule has 0 saturated heterocycles. The Morgan fingerprint density at radius 2 is 0.833 bits per heavy atom. The van der Waals surface area contributed by atoms with Crippen LogP contribution in [0.2, 0.25) is 0 Å². The predicted molar refractivity (Wildman–Crippen MR) is 239 cm³/mol. The van der Waals surface area contributed by atoms with E-state index in [4.69, 9.17) is 18.9 Å². The van der Waals surface area contributed by atoms with Gasteiger partial charge in [-0.1, -0.05) is 55.5 Å². The van der Waals surface area contributed by atoms with E-state index in [-0.39, 0.29) is 81.8 Å². The van der Waals surface area contributed by atoms with Crippen molar-refractivity contribution >= 4 is 35.9 Å². The summed E-state index contributed by atoms with van der Waals surface area (Å²) in [7, 11) is 0. The lowest BCUT2D eigenvalue weighted by Crippen LogP contribution is -2.48. The molecule has 66 heavy (non-hydrogen) atoms. The molecule has 4 amide bonds. The van der Waals surface area contributed by atoms with Crippen LogP contribution in [0.4, 0.5) is 9.59 Å². The van der Waals surface area contributed by atoms with E-state index in [0.29, 0.717) is 24.0 Å². The maximum Gasteiger partial charge on any atom is 0.407 e. The van der Waals surface area contributed by atoms with Crippen molar-refractivity contribution in [2.75, 3.05) is 39.5 Å². The van der Waals surface area contributed by atoms with Crippen molar-refractivity contribution in [3.05, 3.63) is 119 Å². The minimum atomic E-state index is -1.17. The van der Waals surface area contributed by atoms with Crippen LogP contribution >= 0.6 is 0 Å². The molecule has 1 unspecified atom stereocenters. The second kappa shape index (κ2) is 25.7. The molecular formula is C48H58N4O14. The number of phenols is 4. The highest BCUT2D eigenvalue weighted by molar-refractivity contribution is 5.86. The molecule has 4 rings (SSSR count). The number of ether oxygens (including phenoxy) is 4. The smallest absolute Gasteiger partial charge is 0.407 e. The highest BCUT2D eigenvalue weighted by Crippen LogP contribution is 2.28. The van der Waals surface area contributed by atoms with E-state index in [0.717, 1.165) is 11.1 Å². The van der Waals surface area contributed by atoms with Crippen LogP contribution in [0.1, 0.15) is 49.4 Å². The number of benzene rings is 4. The highest BCUT2D eigenvalue weighted by Gasteiger charge is 2.34. The Balaban J connectivity index is 1.16. The van der Waals surface area contributed by atoms with Crippen LogP contribution in [0.15, 0.2) is 97.1 Å². The van der Waals surface area contributed by atoms with Crippen molar-refractivity contribution in [3.8, 4) is 23.0 Å². The van der Waals surface area contributed by atoms with Gasteiger partial charge >= 0.3 is 24.1 Å². The van der Waals surface area contributed by atoms with E-state index in [1.54, 1.807) is 93.6 Å². The molecule has 0 aliphatic heterocycles. The highest BCUT2D eigenvalue weighted by atomic mass is 16.6. The van der Waals surface area contributed by atoms with Crippen molar-refractivity contribution < 1.29 is 68.1 Å². The fourth-order valence-corrected chi connectivity index (χ4v) is 6.57. The third-order valence-electron chi connectivity index (χ3n) is 10.1. The maximum atomic E-state index is 13.1. The molecule has 18 nitrogen and oxygen atoms in total. The van der Waals surface area contributed by atoms with Gasteiger partial charge in [0.25, 0.3) is 0 Å². The summed E-state index contributed by atoms with van der Waals surface area (Å²) < 4.78 is 21.0. The van der Waals surface area contributed by atoms with E-state index >= 15 is 0 Å². The van der Waals surface area contributed by atoms with Gasteiger partial charge in [-0.3, -0.25) is 19.2 Å². The summed E-state index contributed by atoms with van der Waals surface area (Å²) in [5, 5.41) is 48.9. The van der Waals surface area contributed by atoms with Crippen LogP contribution in [0, 0.1) is 11.3 Å². The number of carbonyl (C=O) groups is 6. The lowest BCUT2D eigenvalue weighted by molar-refractivity contribution is -0.158. The average Bonchev–Trinajstić information content (AvgIpc) is 3.28. The Morgan fingerprint density at radius 1 is 0.500 bits per heavy atom. The first kappa shape index (κ1) is 51.1. The molecular weight excluding hydrogens is 857 g/mol. The van der Waals surface area contributed by atoms with E-state index in [9.17, 15) is 49.2 Å². The summed E-state index contributed by atoms with van der Waals surface area (Å²) in [5.41, 5.74) is 1.92. The lowest BCUT2D eigenvalue weighted by Gasteiger charge is -2.25. The Morgan fingerprint density at radius 3 is 1.21 bits per heavy atom. The molecule has 0 fully saturated rings. The second-order valence-corrected chi connectivity index (χ2v) is 16.1. The standard InChI is InChI=1S/C48H58N4O14/c1-31(44(59)63-24-26-65-46(61)51-40(28-34-8-16-38(55)17-9-34)42(57)49-22-20-32-4-12-36(53)13-5-32)30-48(2,3)45(60)64-25-27-66-47(62)52-41(29-35-10-18-39(56)19-11-35)43(58)50-23-21-33-6-14-37(54)15-7-33/h4-19,31,40-41,53-56H,20-30H2,1-3H3,(H,49,57)(H,50,58)(H,51,61)(H,52,62)/t31?,40-,41-/m0/s1. The van der Waals surface area contributed by atoms with Crippen molar-refractivity contribution in [3.63, 3.8) is 0 Å².